The number of anilines is 1. The molecule has 1 amide bonds. The van der Waals surface area contributed by atoms with E-state index in [-0.39, 0.29) is 10.8 Å². The minimum atomic E-state index is -3.67. The van der Waals surface area contributed by atoms with Crippen molar-refractivity contribution >= 4 is 21.7 Å². The lowest BCUT2D eigenvalue weighted by Crippen LogP contribution is -2.37. The second-order valence-corrected chi connectivity index (χ2v) is 7.71. The molecule has 0 atom stereocenters. The third-order valence-corrected chi connectivity index (χ3v) is 6.24. The maximum atomic E-state index is 13.0. The lowest BCUT2D eigenvalue weighted by Gasteiger charge is -2.28. The number of aryl methyl sites for hydroxylation is 1. The van der Waals surface area contributed by atoms with E-state index in [1.165, 1.54) is 16.4 Å². The fourth-order valence-corrected chi connectivity index (χ4v) is 4.53. The number of fused-ring (bicyclic) bond motifs is 1. The first-order valence-electron chi connectivity index (χ1n) is 8.43. The van der Waals surface area contributed by atoms with Gasteiger partial charge in [-0.3, -0.25) is 4.79 Å². The SMILES string of the molecule is CCN(CC)C(=O)c1ccc(S(=O)(=O)N2CCCn3nccc32)cc1. The number of nitrogens with zero attached hydrogens (tertiary/aromatic N) is 4. The zero-order valence-corrected chi connectivity index (χ0v) is 15.2. The number of benzene rings is 1. The third-order valence-electron chi connectivity index (χ3n) is 4.42. The van der Waals surface area contributed by atoms with Crippen LogP contribution in [0.15, 0.2) is 41.4 Å². The van der Waals surface area contributed by atoms with Gasteiger partial charge in [-0.25, -0.2) is 17.4 Å². The van der Waals surface area contributed by atoms with Crippen molar-refractivity contribution in [1.29, 1.82) is 0 Å². The molecule has 25 heavy (non-hydrogen) atoms. The Balaban J connectivity index is 1.89. The van der Waals surface area contributed by atoms with Crippen molar-refractivity contribution in [2.75, 3.05) is 23.9 Å². The lowest BCUT2D eigenvalue weighted by atomic mass is 10.2. The van der Waals surface area contributed by atoms with Crippen LogP contribution in [0.3, 0.4) is 0 Å². The van der Waals surface area contributed by atoms with Gasteiger partial charge in [-0.2, -0.15) is 5.10 Å². The molecule has 134 valence electrons. The molecule has 1 aliphatic heterocycles. The second-order valence-electron chi connectivity index (χ2n) is 5.85. The summed E-state index contributed by atoms with van der Waals surface area (Å²) in [6.45, 7) is 6.21. The zero-order chi connectivity index (χ0) is 18.0. The molecule has 0 saturated heterocycles. The van der Waals surface area contributed by atoms with Crippen molar-refractivity contribution < 1.29 is 13.2 Å². The molecule has 0 saturated carbocycles. The average Bonchev–Trinajstić information content (AvgIpc) is 3.11. The average molecular weight is 362 g/mol. The fraction of sp³-hybridized carbons (Fsp3) is 0.412. The van der Waals surface area contributed by atoms with Gasteiger partial charge in [0.15, 0.2) is 0 Å². The van der Waals surface area contributed by atoms with Crippen molar-refractivity contribution in [3.05, 3.63) is 42.1 Å². The first-order valence-corrected chi connectivity index (χ1v) is 9.87. The van der Waals surface area contributed by atoms with Gasteiger partial charge in [-0.05, 0) is 44.5 Å². The number of rotatable bonds is 5. The number of carbonyl (C=O) groups excluding carboxylic acids is 1. The predicted octanol–water partition coefficient (Wildman–Crippen LogP) is 1.96. The van der Waals surface area contributed by atoms with Crippen molar-refractivity contribution in [3.63, 3.8) is 0 Å². The van der Waals surface area contributed by atoms with Gasteiger partial charge in [0.2, 0.25) is 0 Å². The number of amides is 1. The Morgan fingerprint density at radius 3 is 2.44 bits per heavy atom. The van der Waals surface area contributed by atoms with E-state index in [0.29, 0.717) is 44.0 Å². The van der Waals surface area contributed by atoms with Crippen LogP contribution in [0.1, 0.15) is 30.6 Å². The van der Waals surface area contributed by atoms with Gasteiger partial charge in [-0.15, -0.1) is 0 Å². The van der Waals surface area contributed by atoms with Crippen LogP contribution in [-0.4, -0.2) is 48.6 Å². The molecule has 0 radical (unpaired) electrons. The number of aromatic nitrogens is 2. The van der Waals surface area contributed by atoms with E-state index in [9.17, 15) is 13.2 Å². The van der Waals surface area contributed by atoms with E-state index in [1.54, 1.807) is 34.0 Å². The van der Waals surface area contributed by atoms with E-state index in [0.717, 1.165) is 0 Å². The van der Waals surface area contributed by atoms with Crippen LogP contribution >= 0.6 is 0 Å². The minimum absolute atomic E-state index is 0.0926. The van der Waals surface area contributed by atoms with Gasteiger partial charge >= 0.3 is 0 Å². The number of hydrogen-bond donors (Lipinski definition) is 0. The lowest BCUT2D eigenvalue weighted by molar-refractivity contribution is 0.0773. The Labute approximate surface area is 147 Å². The molecule has 1 aromatic heterocycles. The molecule has 0 aliphatic carbocycles. The standard InChI is InChI=1S/C17H22N4O3S/c1-3-19(4-2)17(22)14-6-8-15(9-7-14)25(23,24)21-13-5-12-20-16(21)10-11-18-20/h6-11H,3-5,12-13H2,1-2H3. The van der Waals surface area contributed by atoms with Gasteiger partial charge in [0.25, 0.3) is 15.9 Å². The molecule has 1 aromatic carbocycles. The molecular weight excluding hydrogens is 340 g/mol. The van der Waals surface area contributed by atoms with Crippen molar-refractivity contribution in [3.8, 4) is 0 Å². The van der Waals surface area contributed by atoms with E-state index in [4.69, 9.17) is 0 Å². The summed E-state index contributed by atoms with van der Waals surface area (Å²) in [5.41, 5.74) is 0.492. The summed E-state index contributed by atoms with van der Waals surface area (Å²) in [4.78, 5) is 14.2. The maximum absolute atomic E-state index is 13.0. The number of sulfonamides is 1. The third kappa shape index (κ3) is 3.13. The van der Waals surface area contributed by atoms with E-state index in [1.807, 2.05) is 13.8 Å². The van der Waals surface area contributed by atoms with Gasteiger partial charge in [0.05, 0.1) is 11.1 Å². The van der Waals surface area contributed by atoms with Crippen molar-refractivity contribution in [2.45, 2.75) is 31.7 Å². The van der Waals surface area contributed by atoms with Gasteiger partial charge in [-0.1, -0.05) is 0 Å². The summed E-state index contributed by atoms with van der Waals surface area (Å²) in [5.74, 6) is 0.486. The number of carbonyl (C=O) groups is 1. The molecular formula is C17H22N4O3S. The molecule has 8 heteroatoms. The predicted molar refractivity (Wildman–Crippen MR) is 95.1 cm³/mol. The second kappa shape index (κ2) is 6.87. The summed E-state index contributed by atoms with van der Waals surface area (Å²) in [6.07, 6.45) is 2.32. The highest BCUT2D eigenvalue weighted by molar-refractivity contribution is 7.92. The van der Waals surface area contributed by atoms with Crippen LogP contribution in [0.25, 0.3) is 0 Å². The van der Waals surface area contributed by atoms with Crippen LogP contribution in [0.5, 0.6) is 0 Å². The Morgan fingerprint density at radius 2 is 1.80 bits per heavy atom. The van der Waals surface area contributed by atoms with Crippen molar-refractivity contribution in [1.82, 2.24) is 14.7 Å². The molecule has 0 N–H and O–H groups in total. The zero-order valence-electron chi connectivity index (χ0n) is 14.4. The molecule has 1 aliphatic rings. The van der Waals surface area contributed by atoms with E-state index >= 15 is 0 Å². The molecule has 2 aromatic rings. The van der Waals surface area contributed by atoms with Crippen LogP contribution in [0.4, 0.5) is 5.82 Å². The number of hydrogen-bond acceptors (Lipinski definition) is 4. The van der Waals surface area contributed by atoms with E-state index in [2.05, 4.69) is 5.10 Å². The molecule has 0 bridgehead atoms. The van der Waals surface area contributed by atoms with Crippen LogP contribution in [-0.2, 0) is 16.6 Å². The highest BCUT2D eigenvalue weighted by atomic mass is 32.2. The Kier molecular flexibility index (Phi) is 4.80. The molecule has 0 spiro atoms. The van der Waals surface area contributed by atoms with E-state index < -0.39 is 10.0 Å². The summed E-state index contributed by atoms with van der Waals surface area (Å²) < 4.78 is 29.0. The normalized spacial score (nSPS) is 14.2. The molecule has 0 unspecified atom stereocenters. The Morgan fingerprint density at radius 1 is 1.12 bits per heavy atom. The largest absolute Gasteiger partial charge is 0.339 e. The fourth-order valence-electron chi connectivity index (χ4n) is 3.02. The maximum Gasteiger partial charge on any atom is 0.265 e. The van der Waals surface area contributed by atoms with Crippen LogP contribution < -0.4 is 4.31 Å². The van der Waals surface area contributed by atoms with Crippen molar-refractivity contribution in [2.24, 2.45) is 0 Å². The molecule has 7 nitrogen and oxygen atoms in total. The summed E-state index contributed by atoms with van der Waals surface area (Å²) in [7, 11) is -3.67. The van der Waals surface area contributed by atoms with Crippen LogP contribution in [0, 0.1) is 0 Å². The summed E-state index contributed by atoms with van der Waals surface area (Å²) in [6, 6.07) is 7.86. The van der Waals surface area contributed by atoms with Gasteiger partial charge in [0, 0.05) is 37.8 Å². The highest BCUT2D eigenvalue weighted by Crippen LogP contribution is 2.27. The molecule has 0 fully saturated rings. The smallest absolute Gasteiger partial charge is 0.265 e. The quantitative estimate of drug-likeness (QED) is 0.815. The topological polar surface area (TPSA) is 75.5 Å². The Bertz CT molecular complexity index is 854. The Hall–Kier alpha value is -2.35. The first-order chi connectivity index (χ1) is 12.0. The minimum Gasteiger partial charge on any atom is -0.339 e. The molecule has 3 rings (SSSR count). The monoisotopic (exact) mass is 362 g/mol. The van der Waals surface area contributed by atoms with Gasteiger partial charge < -0.3 is 4.90 Å². The molecule has 2 heterocycles. The highest BCUT2D eigenvalue weighted by Gasteiger charge is 2.29. The first kappa shape index (κ1) is 17.5. The van der Waals surface area contributed by atoms with Crippen LogP contribution in [0.2, 0.25) is 0 Å². The summed E-state index contributed by atoms with van der Waals surface area (Å²) in [5, 5.41) is 4.15. The summed E-state index contributed by atoms with van der Waals surface area (Å²) >= 11 is 0. The van der Waals surface area contributed by atoms with Gasteiger partial charge in [0.1, 0.15) is 5.82 Å².